The van der Waals surface area contributed by atoms with Gasteiger partial charge in [0.2, 0.25) is 0 Å². The highest BCUT2D eigenvalue weighted by Gasteiger charge is 2.22. The Kier molecular flexibility index (Phi) is 3.63. The van der Waals surface area contributed by atoms with E-state index < -0.39 is 5.82 Å². The van der Waals surface area contributed by atoms with Crippen LogP contribution in [0.4, 0.5) is 10.1 Å². The van der Waals surface area contributed by atoms with Gasteiger partial charge in [0.05, 0.1) is 5.69 Å². The molecule has 0 bridgehead atoms. The van der Waals surface area contributed by atoms with Crippen molar-refractivity contribution in [2.24, 2.45) is 0 Å². The number of aromatic nitrogens is 2. The first-order chi connectivity index (χ1) is 10.6. The van der Waals surface area contributed by atoms with E-state index in [2.05, 4.69) is 4.98 Å². The molecule has 0 aliphatic rings. The molecule has 2 heterocycles. The summed E-state index contributed by atoms with van der Waals surface area (Å²) in [4.78, 5) is 18.9. The van der Waals surface area contributed by atoms with Gasteiger partial charge in [0.25, 0.3) is 5.91 Å². The zero-order chi connectivity index (χ0) is 15.7. The quantitative estimate of drug-likeness (QED) is 0.742. The number of hydrogen-bond donors (Lipinski definition) is 0. The lowest BCUT2D eigenvalue weighted by molar-refractivity contribution is 0.0982. The van der Waals surface area contributed by atoms with Crippen molar-refractivity contribution in [3.63, 3.8) is 0 Å². The SMILES string of the molecule is CCN(C(=O)c1c(C)nc2ccc(F)cn12)c1ccccc1. The first kappa shape index (κ1) is 14.3. The number of benzene rings is 1. The molecule has 0 saturated heterocycles. The molecular formula is C17H16FN3O. The lowest BCUT2D eigenvalue weighted by Crippen LogP contribution is -2.32. The summed E-state index contributed by atoms with van der Waals surface area (Å²) in [6, 6.07) is 12.3. The molecule has 3 rings (SSSR count). The average Bonchev–Trinajstić information content (AvgIpc) is 2.84. The highest BCUT2D eigenvalue weighted by molar-refractivity contribution is 6.06. The van der Waals surface area contributed by atoms with Crippen molar-refractivity contribution in [1.82, 2.24) is 9.38 Å². The molecule has 0 spiro atoms. The third kappa shape index (κ3) is 2.35. The van der Waals surface area contributed by atoms with Gasteiger partial charge in [-0.2, -0.15) is 0 Å². The number of carbonyl (C=O) groups is 1. The van der Waals surface area contributed by atoms with Crippen LogP contribution in [-0.2, 0) is 0 Å². The zero-order valence-electron chi connectivity index (χ0n) is 12.5. The van der Waals surface area contributed by atoms with Crippen LogP contribution in [-0.4, -0.2) is 21.8 Å². The number of anilines is 1. The van der Waals surface area contributed by atoms with Crippen molar-refractivity contribution in [2.75, 3.05) is 11.4 Å². The van der Waals surface area contributed by atoms with Gasteiger partial charge in [-0.05, 0) is 38.1 Å². The number of fused-ring (bicyclic) bond motifs is 1. The minimum atomic E-state index is -0.401. The van der Waals surface area contributed by atoms with Gasteiger partial charge in [-0.3, -0.25) is 9.20 Å². The molecule has 22 heavy (non-hydrogen) atoms. The number of nitrogens with zero attached hydrogens (tertiary/aromatic N) is 3. The van der Waals surface area contributed by atoms with Crippen molar-refractivity contribution in [3.8, 4) is 0 Å². The van der Waals surface area contributed by atoms with Gasteiger partial charge in [0, 0.05) is 18.4 Å². The second-order valence-electron chi connectivity index (χ2n) is 5.01. The monoisotopic (exact) mass is 297 g/mol. The maximum Gasteiger partial charge on any atom is 0.277 e. The van der Waals surface area contributed by atoms with E-state index in [4.69, 9.17) is 0 Å². The van der Waals surface area contributed by atoms with E-state index in [0.29, 0.717) is 23.6 Å². The van der Waals surface area contributed by atoms with Crippen molar-refractivity contribution in [3.05, 3.63) is 65.9 Å². The van der Waals surface area contributed by atoms with Crippen LogP contribution in [0.5, 0.6) is 0 Å². The summed E-state index contributed by atoms with van der Waals surface area (Å²) in [7, 11) is 0. The predicted molar refractivity (Wildman–Crippen MR) is 83.7 cm³/mol. The molecule has 3 aromatic rings. The van der Waals surface area contributed by atoms with Crippen LogP contribution in [0.2, 0.25) is 0 Å². The summed E-state index contributed by atoms with van der Waals surface area (Å²) in [6.45, 7) is 4.19. The third-order valence-corrected chi connectivity index (χ3v) is 3.59. The fraction of sp³-hybridized carbons (Fsp3) is 0.176. The van der Waals surface area contributed by atoms with E-state index in [1.165, 1.54) is 16.7 Å². The molecule has 0 atom stereocenters. The first-order valence-electron chi connectivity index (χ1n) is 7.13. The number of aryl methyl sites for hydroxylation is 1. The largest absolute Gasteiger partial charge is 0.307 e. The molecule has 4 nitrogen and oxygen atoms in total. The van der Waals surface area contributed by atoms with E-state index in [-0.39, 0.29) is 5.91 Å². The van der Waals surface area contributed by atoms with Gasteiger partial charge >= 0.3 is 0 Å². The van der Waals surface area contributed by atoms with Crippen LogP contribution in [0.1, 0.15) is 23.1 Å². The lowest BCUT2D eigenvalue weighted by atomic mass is 10.2. The van der Waals surface area contributed by atoms with Crippen molar-refractivity contribution >= 4 is 17.2 Å². The Balaban J connectivity index is 2.12. The highest BCUT2D eigenvalue weighted by Crippen LogP contribution is 2.20. The number of amides is 1. The predicted octanol–water partition coefficient (Wildman–Crippen LogP) is 3.45. The molecule has 0 fully saturated rings. The molecule has 1 aromatic carbocycles. The Morgan fingerprint density at radius 1 is 1.23 bits per heavy atom. The van der Waals surface area contributed by atoms with Gasteiger partial charge in [-0.25, -0.2) is 9.37 Å². The van der Waals surface area contributed by atoms with Crippen molar-refractivity contribution in [1.29, 1.82) is 0 Å². The molecule has 0 unspecified atom stereocenters. The molecule has 0 saturated carbocycles. The molecular weight excluding hydrogens is 281 g/mol. The Morgan fingerprint density at radius 2 is 1.95 bits per heavy atom. The smallest absolute Gasteiger partial charge is 0.277 e. The number of imidazole rings is 1. The van der Waals surface area contributed by atoms with E-state index in [9.17, 15) is 9.18 Å². The summed E-state index contributed by atoms with van der Waals surface area (Å²) < 4.78 is 15.0. The summed E-state index contributed by atoms with van der Waals surface area (Å²) in [5.41, 5.74) is 2.34. The third-order valence-electron chi connectivity index (χ3n) is 3.59. The van der Waals surface area contributed by atoms with Crippen LogP contribution < -0.4 is 4.90 Å². The molecule has 112 valence electrons. The Hall–Kier alpha value is -2.69. The standard InChI is InChI=1S/C17H16FN3O/c1-3-20(14-7-5-4-6-8-14)17(22)16-12(2)19-15-10-9-13(18)11-21(15)16/h4-11H,3H2,1-2H3. The molecule has 0 radical (unpaired) electrons. The summed E-state index contributed by atoms with van der Waals surface area (Å²) in [5.74, 6) is -0.592. The average molecular weight is 297 g/mol. The van der Waals surface area contributed by atoms with E-state index in [0.717, 1.165) is 5.69 Å². The number of rotatable bonds is 3. The van der Waals surface area contributed by atoms with Crippen LogP contribution in [0.25, 0.3) is 5.65 Å². The topological polar surface area (TPSA) is 37.6 Å². The van der Waals surface area contributed by atoms with Gasteiger partial charge < -0.3 is 4.90 Å². The normalized spacial score (nSPS) is 10.9. The minimum absolute atomic E-state index is 0.190. The van der Waals surface area contributed by atoms with E-state index in [1.807, 2.05) is 37.3 Å². The van der Waals surface area contributed by atoms with Gasteiger partial charge in [-0.15, -0.1) is 0 Å². The van der Waals surface area contributed by atoms with Crippen molar-refractivity contribution < 1.29 is 9.18 Å². The number of hydrogen-bond acceptors (Lipinski definition) is 2. The minimum Gasteiger partial charge on any atom is -0.307 e. The lowest BCUT2D eigenvalue weighted by Gasteiger charge is -2.21. The summed E-state index contributed by atoms with van der Waals surface area (Å²) >= 11 is 0. The van der Waals surface area contributed by atoms with Crippen molar-refractivity contribution in [2.45, 2.75) is 13.8 Å². The number of carbonyl (C=O) groups excluding carboxylic acids is 1. The number of pyridine rings is 1. The van der Waals surface area contributed by atoms with E-state index in [1.54, 1.807) is 17.9 Å². The molecule has 2 aromatic heterocycles. The first-order valence-corrected chi connectivity index (χ1v) is 7.13. The Bertz CT molecular complexity index is 827. The van der Waals surface area contributed by atoms with Crippen LogP contribution in [0, 0.1) is 12.7 Å². The second-order valence-corrected chi connectivity index (χ2v) is 5.01. The maximum atomic E-state index is 13.5. The summed E-state index contributed by atoms with van der Waals surface area (Å²) in [6.07, 6.45) is 1.29. The van der Waals surface area contributed by atoms with Crippen LogP contribution >= 0.6 is 0 Å². The molecule has 0 N–H and O–H groups in total. The second kappa shape index (κ2) is 5.60. The number of halogens is 1. The van der Waals surface area contributed by atoms with Gasteiger partial charge in [-0.1, -0.05) is 18.2 Å². The summed E-state index contributed by atoms with van der Waals surface area (Å²) in [5, 5.41) is 0. The molecule has 1 amide bonds. The fourth-order valence-corrected chi connectivity index (χ4v) is 2.57. The van der Waals surface area contributed by atoms with Gasteiger partial charge in [0.15, 0.2) is 0 Å². The molecule has 0 aliphatic heterocycles. The molecule has 5 heteroatoms. The van der Waals surface area contributed by atoms with Gasteiger partial charge in [0.1, 0.15) is 17.2 Å². The maximum absolute atomic E-state index is 13.5. The Labute approximate surface area is 127 Å². The Morgan fingerprint density at radius 3 is 2.64 bits per heavy atom. The van der Waals surface area contributed by atoms with Crippen LogP contribution in [0.15, 0.2) is 48.7 Å². The zero-order valence-corrected chi connectivity index (χ0v) is 12.5. The van der Waals surface area contributed by atoms with Crippen LogP contribution in [0.3, 0.4) is 0 Å². The number of para-hydroxylation sites is 1. The fourth-order valence-electron chi connectivity index (χ4n) is 2.57. The highest BCUT2D eigenvalue weighted by atomic mass is 19.1. The van der Waals surface area contributed by atoms with E-state index >= 15 is 0 Å². The molecule has 0 aliphatic carbocycles.